The Morgan fingerprint density at radius 3 is 1.23 bits per heavy atom. The summed E-state index contributed by atoms with van der Waals surface area (Å²) in [6, 6.07) is 38.3. The van der Waals surface area contributed by atoms with Crippen molar-refractivity contribution in [2.24, 2.45) is 0 Å². The van der Waals surface area contributed by atoms with Crippen molar-refractivity contribution in [3.05, 3.63) is 202 Å². The monoisotopic (exact) mass is 828 g/mol. The van der Waals surface area contributed by atoms with Gasteiger partial charge in [0.1, 0.15) is 0 Å². The minimum atomic E-state index is -4.56. The number of carbonyl (C=O) groups is 4. The van der Waals surface area contributed by atoms with E-state index in [-0.39, 0.29) is 11.1 Å². The maximum atomic E-state index is 12.9. The fourth-order valence-electron chi connectivity index (χ4n) is 6.05. The van der Waals surface area contributed by atoms with E-state index in [4.69, 9.17) is 10.4 Å². The number of halogens is 6. The number of hydrogen-bond donors (Lipinski definition) is 6. The van der Waals surface area contributed by atoms with Gasteiger partial charge in [-0.2, -0.15) is 26.3 Å². The summed E-state index contributed by atoms with van der Waals surface area (Å²) < 4.78 is 77.1. The first-order valence-corrected chi connectivity index (χ1v) is 17.7. The van der Waals surface area contributed by atoms with Crippen molar-refractivity contribution < 1.29 is 55.9 Å². The molecule has 0 saturated carbocycles. The van der Waals surface area contributed by atoms with Gasteiger partial charge in [-0.05, 0) is 82.9 Å². The molecule has 0 aliphatic carbocycles. The normalized spacial score (nSPS) is 12.1. The van der Waals surface area contributed by atoms with Crippen LogP contribution in [-0.4, -0.2) is 34.0 Å². The van der Waals surface area contributed by atoms with Crippen molar-refractivity contribution in [3.8, 4) is 0 Å². The molecule has 0 aromatic heterocycles. The minimum absolute atomic E-state index is 0.129. The van der Waals surface area contributed by atoms with E-state index < -0.39 is 58.9 Å². The van der Waals surface area contributed by atoms with E-state index >= 15 is 0 Å². The molecule has 6 aromatic carbocycles. The number of rotatable bonds is 10. The standard InChI is InChI=1S/2C22H17F3N2O3/c23-22(24,25)17-10-4-9-16(12-17)20(28)26-18-11-5-8-15(13-18)19(21(29)27-30)14-6-2-1-3-7-14;23-22(24,25)17-8-4-7-16(13-17)20(28)26-18-11-9-15(10-12-18)19(21(29)27-30)14-5-2-1-3-6-14/h2*1-13,19,30H,(H,26,28)(H,27,29). The Bertz CT molecular complexity index is 2430. The number of nitrogens with one attached hydrogen (secondary N) is 4. The van der Waals surface area contributed by atoms with Gasteiger partial charge in [-0.15, -0.1) is 0 Å². The van der Waals surface area contributed by atoms with Crippen LogP contribution in [0.15, 0.2) is 158 Å². The SMILES string of the molecule is O=C(Nc1ccc(C(C(=O)NO)c2ccccc2)cc1)c1cccc(C(F)(F)F)c1.O=C(Nc1cccc(C(C(=O)NO)c2ccccc2)c1)c1cccc(C(F)(F)F)c1. The zero-order valence-electron chi connectivity index (χ0n) is 31.0. The second-order valence-corrected chi connectivity index (χ2v) is 13.0. The Kier molecular flexibility index (Phi) is 14.2. The van der Waals surface area contributed by atoms with E-state index in [9.17, 15) is 45.5 Å². The summed E-state index contributed by atoms with van der Waals surface area (Å²) in [6.07, 6.45) is -9.10. The molecule has 308 valence electrons. The summed E-state index contributed by atoms with van der Waals surface area (Å²) in [6.45, 7) is 0. The molecule has 2 unspecified atom stereocenters. The highest BCUT2D eigenvalue weighted by atomic mass is 19.4. The average Bonchev–Trinajstić information content (AvgIpc) is 3.25. The fraction of sp³-hybridized carbons (Fsp3) is 0.0909. The third kappa shape index (κ3) is 11.4. The molecule has 0 saturated heterocycles. The molecule has 60 heavy (non-hydrogen) atoms. The number of benzene rings is 6. The van der Waals surface area contributed by atoms with Gasteiger partial charge in [0.15, 0.2) is 0 Å². The predicted octanol–water partition coefficient (Wildman–Crippen LogP) is 9.19. The number of anilines is 2. The van der Waals surface area contributed by atoms with Gasteiger partial charge in [-0.3, -0.25) is 29.6 Å². The first kappa shape index (κ1) is 43.8. The summed E-state index contributed by atoms with van der Waals surface area (Å²) >= 11 is 0. The van der Waals surface area contributed by atoms with Crippen molar-refractivity contribution in [2.45, 2.75) is 24.2 Å². The minimum Gasteiger partial charge on any atom is -0.322 e. The van der Waals surface area contributed by atoms with Crippen molar-refractivity contribution in [3.63, 3.8) is 0 Å². The van der Waals surface area contributed by atoms with Crippen LogP contribution in [0.25, 0.3) is 0 Å². The molecule has 2 atom stereocenters. The van der Waals surface area contributed by atoms with Gasteiger partial charge in [0, 0.05) is 22.5 Å². The maximum Gasteiger partial charge on any atom is 0.416 e. The van der Waals surface area contributed by atoms with E-state index in [2.05, 4.69) is 10.6 Å². The topological polar surface area (TPSA) is 157 Å². The summed E-state index contributed by atoms with van der Waals surface area (Å²) in [5, 5.41) is 23.3. The smallest absolute Gasteiger partial charge is 0.322 e. The van der Waals surface area contributed by atoms with Crippen LogP contribution >= 0.6 is 0 Å². The van der Waals surface area contributed by atoms with Gasteiger partial charge < -0.3 is 10.6 Å². The molecule has 0 aliphatic rings. The molecule has 0 bridgehead atoms. The average molecular weight is 829 g/mol. The number of carbonyl (C=O) groups excluding carboxylic acids is 4. The largest absolute Gasteiger partial charge is 0.416 e. The lowest BCUT2D eigenvalue weighted by atomic mass is 9.90. The molecule has 0 fully saturated rings. The van der Waals surface area contributed by atoms with E-state index in [0.717, 1.165) is 30.3 Å². The van der Waals surface area contributed by atoms with Crippen LogP contribution in [0.5, 0.6) is 0 Å². The highest BCUT2D eigenvalue weighted by Gasteiger charge is 2.32. The van der Waals surface area contributed by atoms with Gasteiger partial charge in [0.25, 0.3) is 23.6 Å². The molecule has 6 N–H and O–H groups in total. The van der Waals surface area contributed by atoms with Crippen molar-refractivity contribution in [1.29, 1.82) is 0 Å². The molecule has 16 heteroatoms. The molecule has 0 spiro atoms. The highest BCUT2D eigenvalue weighted by Crippen LogP contribution is 2.32. The molecule has 0 heterocycles. The van der Waals surface area contributed by atoms with Crippen LogP contribution in [0.2, 0.25) is 0 Å². The summed E-state index contributed by atoms with van der Waals surface area (Å²) in [5.41, 5.74) is 4.12. The Morgan fingerprint density at radius 2 is 0.800 bits per heavy atom. The summed E-state index contributed by atoms with van der Waals surface area (Å²) in [7, 11) is 0. The lowest BCUT2D eigenvalue weighted by molar-refractivity contribution is -0.138. The number of alkyl halides is 6. The molecular formula is C44H34F6N4O6. The van der Waals surface area contributed by atoms with Gasteiger partial charge in [0.2, 0.25) is 0 Å². The highest BCUT2D eigenvalue weighted by molar-refractivity contribution is 6.05. The number of amides is 4. The van der Waals surface area contributed by atoms with Crippen LogP contribution in [0.3, 0.4) is 0 Å². The zero-order chi connectivity index (χ0) is 43.5. The van der Waals surface area contributed by atoms with Crippen molar-refractivity contribution in [2.75, 3.05) is 10.6 Å². The summed E-state index contributed by atoms with van der Waals surface area (Å²) in [5.74, 6) is -4.32. The van der Waals surface area contributed by atoms with Crippen LogP contribution in [0.1, 0.15) is 65.9 Å². The van der Waals surface area contributed by atoms with Gasteiger partial charge in [-0.1, -0.05) is 97.1 Å². The molecule has 0 radical (unpaired) electrons. The fourth-order valence-corrected chi connectivity index (χ4v) is 6.05. The van der Waals surface area contributed by atoms with Crippen LogP contribution in [0, 0.1) is 0 Å². The maximum absolute atomic E-state index is 12.9. The molecule has 10 nitrogen and oxygen atoms in total. The second kappa shape index (κ2) is 19.4. The van der Waals surface area contributed by atoms with Gasteiger partial charge in [0.05, 0.1) is 23.0 Å². The lowest BCUT2D eigenvalue weighted by Gasteiger charge is -2.17. The third-order valence-corrected chi connectivity index (χ3v) is 8.89. The lowest BCUT2D eigenvalue weighted by Crippen LogP contribution is -2.27. The third-order valence-electron chi connectivity index (χ3n) is 8.89. The molecule has 0 aliphatic heterocycles. The molecule has 6 rings (SSSR count). The first-order chi connectivity index (χ1) is 28.6. The van der Waals surface area contributed by atoms with E-state index in [1.165, 1.54) is 36.4 Å². The molecule has 4 amide bonds. The zero-order valence-corrected chi connectivity index (χ0v) is 31.0. The van der Waals surface area contributed by atoms with Crippen LogP contribution < -0.4 is 21.6 Å². The van der Waals surface area contributed by atoms with Crippen molar-refractivity contribution >= 4 is 35.0 Å². The van der Waals surface area contributed by atoms with E-state index in [1.807, 2.05) is 0 Å². The Morgan fingerprint density at radius 1 is 0.417 bits per heavy atom. The van der Waals surface area contributed by atoms with Crippen LogP contribution in [0.4, 0.5) is 37.7 Å². The van der Waals surface area contributed by atoms with Gasteiger partial charge >= 0.3 is 12.4 Å². The Hall–Kier alpha value is -7.30. The molecular weight excluding hydrogens is 794 g/mol. The van der Waals surface area contributed by atoms with E-state index in [1.54, 1.807) is 102 Å². The van der Waals surface area contributed by atoms with E-state index in [0.29, 0.717) is 33.6 Å². The molecule has 6 aromatic rings. The predicted molar refractivity (Wildman–Crippen MR) is 208 cm³/mol. The summed E-state index contributed by atoms with van der Waals surface area (Å²) in [4.78, 5) is 49.1. The number of hydrogen-bond acceptors (Lipinski definition) is 6. The first-order valence-electron chi connectivity index (χ1n) is 17.7. The Balaban J connectivity index is 0.000000228. The van der Waals surface area contributed by atoms with Gasteiger partial charge in [-0.25, -0.2) is 11.0 Å². The Labute approximate surface area is 338 Å². The second-order valence-electron chi connectivity index (χ2n) is 13.0. The van der Waals surface area contributed by atoms with Crippen molar-refractivity contribution in [1.82, 2.24) is 11.0 Å². The quantitative estimate of drug-likeness (QED) is 0.0460. The number of hydroxylamine groups is 2. The van der Waals surface area contributed by atoms with Crippen LogP contribution in [-0.2, 0) is 21.9 Å².